The predicted molar refractivity (Wildman–Crippen MR) is 81.2 cm³/mol. The van der Waals surface area contributed by atoms with Crippen LogP contribution in [0.25, 0.3) is 0 Å². The van der Waals surface area contributed by atoms with Crippen molar-refractivity contribution in [3.05, 3.63) is 58.1 Å². The molecule has 0 spiro atoms. The first kappa shape index (κ1) is 15.6. The smallest absolute Gasteiger partial charge is 0.293 e. The standard InChI is InChI=1S/C16H17F2N3O2/c1-2-21-7-6-19-15(16(21)22)20-13-5-8-23-14(13)10-3-4-11(17)12(18)9-10/h3-4,6-7,9,13-14H,2,5,8H2,1H3,(H,19,20). The van der Waals surface area contributed by atoms with Crippen LogP contribution in [0.5, 0.6) is 0 Å². The van der Waals surface area contributed by atoms with Crippen molar-refractivity contribution < 1.29 is 13.5 Å². The maximum absolute atomic E-state index is 13.4. The minimum Gasteiger partial charge on any atom is -0.371 e. The summed E-state index contributed by atoms with van der Waals surface area (Å²) in [4.78, 5) is 16.3. The molecule has 1 N–H and O–H groups in total. The molecule has 3 rings (SSSR count). The Morgan fingerprint density at radius 2 is 2.22 bits per heavy atom. The molecule has 2 aromatic rings. The Morgan fingerprint density at radius 3 is 2.96 bits per heavy atom. The molecule has 1 saturated heterocycles. The molecule has 122 valence electrons. The molecule has 0 bridgehead atoms. The zero-order chi connectivity index (χ0) is 16.4. The summed E-state index contributed by atoms with van der Waals surface area (Å²) in [7, 11) is 0. The van der Waals surface area contributed by atoms with Gasteiger partial charge in [-0.2, -0.15) is 0 Å². The summed E-state index contributed by atoms with van der Waals surface area (Å²) in [5.41, 5.74) is 0.316. The van der Waals surface area contributed by atoms with Gasteiger partial charge in [0.15, 0.2) is 17.5 Å². The normalized spacial score (nSPS) is 20.7. The van der Waals surface area contributed by atoms with Crippen LogP contribution in [0.1, 0.15) is 25.0 Å². The molecule has 1 aliphatic heterocycles. The van der Waals surface area contributed by atoms with Gasteiger partial charge in [-0.05, 0) is 31.0 Å². The molecule has 23 heavy (non-hydrogen) atoms. The van der Waals surface area contributed by atoms with Crippen molar-refractivity contribution >= 4 is 5.82 Å². The van der Waals surface area contributed by atoms with Crippen molar-refractivity contribution in [1.82, 2.24) is 9.55 Å². The Kier molecular flexibility index (Phi) is 4.38. The number of rotatable bonds is 4. The number of hydrogen-bond acceptors (Lipinski definition) is 4. The van der Waals surface area contributed by atoms with Crippen LogP contribution in [0.2, 0.25) is 0 Å². The van der Waals surface area contributed by atoms with Gasteiger partial charge in [0.2, 0.25) is 0 Å². The zero-order valence-electron chi connectivity index (χ0n) is 12.6. The highest BCUT2D eigenvalue weighted by molar-refractivity contribution is 5.35. The average Bonchev–Trinajstić information content (AvgIpc) is 3.00. The number of nitrogens with one attached hydrogen (secondary N) is 1. The molecule has 2 heterocycles. The molecule has 1 aromatic heterocycles. The maximum Gasteiger partial charge on any atom is 0.293 e. The van der Waals surface area contributed by atoms with Crippen molar-refractivity contribution in [2.24, 2.45) is 0 Å². The molecular formula is C16H17F2N3O2. The molecule has 1 aromatic carbocycles. The quantitative estimate of drug-likeness (QED) is 0.940. The van der Waals surface area contributed by atoms with E-state index in [4.69, 9.17) is 4.74 Å². The molecule has 1 fully saturated rings. The highest BCUT2D eigenvalue weighted by Crippen LogP contribution is 2.31. The van der Waals surface area contributed by atoms with E-state index in [1.165, 1.54) is 10.6 Å². The van der Waals surface area contributed by atoms with Crippen LogP contribution in [0, 0.1) is 11.6 Å². The third-order valence-electron chi connectivity index (χ3n) is 3.94. The van der Waals surface area contributed by atoms with Gasteiger partial charge in [0, 0.05) is 25.5 Å². The molecule has 0 saturated carbocycles. The van der Waals surface area contributed by atoms with Crippen LogP contribution in [0.3, 0.4) is 0 Å². The minimum atomic E-state index is -0.914. The second kappa shape index (κ2) is 6.45. The second-order valence-corrected chi connectivity index (χ2v) is 5.37. The SMILES string of the molecule is CCn1ccnc(NC2CCOC2c2ccc(F)c(F)c2)c1=O. The van der Waals surface area contributed by atoms with Crippen LogP contribution in [0.15, 0.2) is 35.4 Å². The topological polar surface area (TPSA) is 56.1 Å². The number of benzene rings is 1. The Morgan fingerprint density at radius 1 is 1.39 bits per heavy atom. The van der Waals surface area contributed by atoms with Crippen molar-refractivity contribution in [2.45, 2.75) is 32.0 Å². The number of halogens is 2. The summed E-state index contributed by atoms with van der Waals surface area (Å²) < 4.78 is 33.7. The molecular weight excluding hydrogens is 304 g/mol. The third kappa shape index (κ3) is 3.10. The Balaban J connectivity index is 1.85. The average molecular weight is 321 g/mol. The molecule has 0 radical (unpaired) electrons. The third-order valence-corrected chi connectivity index (χ3v) is 3.94. The van der Waals surface area contributed by atoms with Crippen LogP contribution in [-0.4, -0.2) is 22.2 Å². The Labute approximate surface area is 131 Å². The Bertz CT molecular complexity index is 763. The zero-order valence-corrected chi connectivity index (χ0v) is 12.6. The monoisotopic (exact) mass is 321 g/mol. The van der Waals surface area contributed by atoms with Gasteiger partial charge >= 0.3 is 0 Å². The fraction of sp³-hybridized carbons (Fsp3) is 0.375. The summed E-state index contributed by atoms with van der Waals surface area (Å²) >= 11 is 0. The number of ether oxygens (including phenoxy) is 1. The van der Waals surface area contributed by atoms with Gasteiger partial charge in [0.1, 0.15) is 6.10 Å². The second-order valence-electron chi connectivity index (χ2n) is 5.37. The van der Waals surface area contributed by atoms with E-state index < -0.39 is 17.7 Å². The first-order valence-corrected chi connectivity index (χ1v) is 7.48. The summed E-state index contributed by atoms with van der Waals surface area (Å²) in [5.74, 6) is -1.58. The van der Waals surface area contributed by atoms with E-state index in [1.54, 1.807) is 12.4 Å². The van der Waals surface area contributed by atoms with Crippen LogP contribution >= 0.6 is 0 Å². The summed E-state index contributed by atoms with van der Waals surface area (Å²) in [6.07, 6.45) is 3.36. The van der Waals surface area contributed by atoms with Crippen LogP contribution in [-0.2, 0) is 11.3 Å². The number of aryl methyl sites for hydroxylation is 1. The molecule has 0 amide bonds. The molecule has 1 aliphatic rings. The van der Waals surface area contributed by atoms with Crippen molar-refractivity contribution in [1.29, 1.82) is 0 Å². The van der Waals surface area contributed by atoms with Gasteiger partial charge in [-0.1, -0.05) is 6.07 Å². The lowest BCUT2D eigenvalue weighted by molar-refractivity contribution is 0.107. The molecule has 2 atom stereocenters. The van der Waals surface area contributed by atoms with E-state index >= 15 is 0 Å². The van der Waals surface area contributed by atoms with E-state index in [2.05, 4.69) is 10.3 Å². The molecule has 5 nitrogen and oxygen atoms in total. The predicted octanol–water partition coefficient (Wildman–Crippen LogP) is 2.48. The number of aromatic nitrogens is 2. The number of nitrogens with zero attached hydrogens (tertiary/aromatic N) is 2. The minimum absolute atomic E-state index is 0.217. The van der Waals surface area contributed by atoms with E-state index in [-0.39, 0.29) is 17.4 Å². The number of anilines is 1. The largest absolute Gasteiger partial charge is 0.371 e. The summed E-state index contributed by atoms with van der Waals surface area (Å²) in [5, 5.41) is 3.08. The molecule has 2 unspecified atom stereocenters. The van der Waals surface area contributed by atoms with Gasteiger partial charge in [-0.3, -0.25) is 4.79 Å². The van der Waals surface area contributed by atoms with Crippen molar-refractivity contribution in [3.8, 4) is 0 Å². The van der Waals surface area contributed by atoms with E-state index in [0.29, 0.717) is 25.1 Å². The molecule has 7 heteroatoms. The summed E-state index contributed by atoms with van der Waals surface area (Å²) in [6.45, 7) is 2.88. The highest BCUT2D eigenvalue weighted by atomic mass is 19.2. The van der Waals surface area contributed by atoms with E-state index in [0.717, 1.165) is 12.1 Å². The van der Waals surface area contributed by atoms with Gasteiger partial charge < -0.3 is 14.6 Å². The van der Waals surface area contributed by atoms with Gasteiger partial charge in [0.05, 0.1) is 6.04 Å². The van der Waals surface area contributed by atoms with Crippen LogP contribution < -0.4 is 10.9 Å². The van der Waals surface area contributed by atoms with Gasteiger partial charge in [-0.15, -0.1) is 0 Å². The first-order chi connectivity index (χ1) is 11.1. The van der Waals surface area contributed by atoms with Crippen molar-refractivity contribution in [2.75, 3.05) is 11.9 Å². The maximum atomic E-state index is 13.4. The summed E-state index contributed by atoms with van der Waals surface area (Å²) in [6, 6.07) is 3.47. The van der Waals surface area contributed by atoms with Gasteiger partial charge in [0.25, 0.3) is 5.56 Å². The number of hydrogen-bond donors (Lipinski definition) is 1. The van der Waals surface area contributed by atoms with Crippen molar-refractivity contribution in [3.63, 3.8) is 0 Å². The van der Waals surface area contributed by atoms with Crippen LogP contribution in [0.4, 0.5) is 14.6 Å². The van der Waals surface area contributed by atoms with E-state index in [1.807, 2.05) is 6.92 Å². The van der Waals surface area contributed by atoms with E-state index in [9.17, 15) is 13.6 Å². The lowest BCUT2D eigenvalue weighted by atomic mass is 10.0. The molecule has 0 aliphatic carbocycles. The lowest BCUT2D eigenvalue weighted by Gasteiger charge is -2.20. The first-order valence-electron chi connectivity index (χ1n) is 7.48. The lowest BCUT2D eigenvalue weighted by Crippen LogP contribution is -2.30. The fourth-order valence-corrected chi connectivity index (χ4v) is 2.73. The highest BCUT2D eigenvalue weighted by Gasteiger charge is 2.31. The Hall–Kier alpha value is -2.28. The van der Waals surface area contributed by atoms with Gasteiger partial charge in [-0.25, -0.2) is 13.8 Å². The fourth-order valence-electron chi connectivity index (χ4n) is 2.73.